The van der Waals surface area contributed by atoms with Gasteiger partial charge in [0.05, 0.1) is 23.2 Å². The molecular weight excluding hydrogens is 532 g/mol. The molecule has 0 aromatic heterocycles. The zero-order valence-corrected chi connectivity index (χ0v) is 21.5. The smallest absolute Gasteiger partial charge is 0.310 e. The van der Waals surface area contributed by atoms with Crippen molar-refractivity contribution in [2.24, 2.45) is 11.8 Å². The van der Waals surface area contributed by atoms with Gasteiger partial charge < -0.3 is 20.1 Å². The largest absolute Gasteiger partial charge is 0.466 e. The van der Waals surface area contributed by atoms with Gasteiger partial charge in [0.2, 0.25) is 11.8 Å². The fourth-order valence-electron chi connectivity index (χ4n) is 5.49. The zero-order valence-electron chi connectivity index (χ0n) is 18.3. The second kappa shape index (κ2) is 10.1. The normalized spacial score (nSPS) is 32.2. The number of fused-ring (bicyclic) bond motifs is 1. The van der Waals surface area contributed by atoms with E-state index in [-0.39, 0.29) is 41.1 Å². The van der Waals surface area contributed by atoms with Crippen LogP contribution in [0.4, 0.5) is 5.69 Å². The van der Waals surface area contributed by atoms with Crippen LogP contribution in [0.25, 0.3) is 0 Å². The number of anilines is 1. The van der Waals surface area contributed by atoms with Crippen molar-refractivity contribution < 1.29 is 24.2 Å². The van der Waals surface area contributed by atoms with Gasteiger partial charge in [-0.25, -0.2) is 0 Å². The Bertz CT molecular complexity index is 919. The second-order valence-electron chi connectivity index (χ2n) is 8.73. The van der Waals surface area contributed by atoms with E-state index in [2.05, 4.69) is 21.2 Å². The van der Waals surface area contributed by atoms with Gasteiger partial charge in [-0.1, -0.05) is 27.5 Å². The maximum atomic E-state index is 13.7. The van der Waals surface area contributed by atoms with Crippen LogP contribution in [-0.4, -0.2) is 68.4 Å². The van der Waals surface area contributed by atoms with E-state index in [4.69, 9.17) is 21.4 Å². The number of ether oxygens (including phenoxy) is 1. The van der Waals surface area contributed by atoms with Crippen LogP contribution in [0.3, 0.4) is 0 Å². The molecule has 2 N–H and O–H groups in total. The summed E-state index contributed by atoms with van der Waals surface area (Å²) in [4.78, 5) is 42.0. The molecule has 6 atom stereocenters. The molecule has 10 heteroatoms. The summed E-state index contributed by atoms with van der Waals surface area (Å²) >= 11 is 11.3. The molecule has 1 spiro atoms. The van der Waals surface area contributed by atoms with Gasteiger partial charge in [-0.2, -0.15) is 0 Å². The Hall–Kier alpha value is -1.29. The minimum Gasteiger partial charge on any atom is -0.466 e. The summed E-state index contributed by atoms with van der Waals surface area (Å²) in [7, 11) is 0. The minimum absolute atomic E-state index is 0.0149. The quantitative estimate of drug-likeness (QED) is 0.273. The van der Waals surface area contributed by atoms with Gasteiger partial charge in [0, 0.05) is 33.9 Å². The molecule has 4 rings (SSSR count). The zero-order chi connectivity index (χ0) is 23.8. The highest BCUT2D eigenvalue weighted by atomic mass is 79.9. The third-order valence-electron chi connectivity index (χ3n) is 6.77. The number of carbonyl (C=O) groups excluding carboxylic acids is 3. The Morgan fingerprint density at radius 2 is 2.03 bits per heavy atom. The number of nitrogens with one attached hydrogen (secondary N) is 1. The number of benzene rings is 1. The molecule has 3 heterocycles. The number of alkyl halides is 1. The highest BCUT2D eigenvalue weighted by molar-refractivity contribution is 9.09. The molecule has 0 aliphatic carbocycles. The van der Waals surface area contributed by atoms with Crippen molar-refractivity contribution in [2.75, 3.05) is 25.1 Å². The predicted octanol–water partition coefficient (Wildman–Crippen LogP) is 3.47. The van der Waals surface area contributed by atoms with E-state index in [9.17, 15) is 14.4 Å². The molecule has 1 aromatic rings. The number of esters is 1. The Balaban J connectivity index is 1.66. The predicted molar refractivity (Wildman–Crippen MR) is 132 cm³/mol. The monoisotopic (exact) mass is 558 g/mol. The molecule has 3 aliphatic rings. The minimum atomic E-state index is -0.700. The lowest BCUT2D eigenvalue weighted by atomic mass is 9.71. The van der Waals surface area contributed by atoms with Gasteiger partial charge in [0.1, 0.15) is 6.04 Å². The number of likely N-dealkylation sites (tertiary alicyclic amines) is 1. The number of halogens is 2. The Morgan fingerprint density at radius 1 is 1.30 bits per heavy atom. The second-order valence-corrected chi connectivity index (χ2v) is 11.9. The fraction of sp³-hybridized carbons (Fsp3) is 0.609. The molecule has 3 fully saturated rings. The third-order valence-corrected chi connectivity index (χ3v) is 10.2. The fourth-order valence-corrected chi connectivity index (χ4v) is 9.22. The van der Waals surface area contributed by atoms with Crippen LogP contribution in [0.5, 0.6) is 0 Å². The first-order valence-electron chi connectivity index (χ1n) is 11.3. The maximum Gasteiger partial charge on any atom is 0.310 e. The number of hydrogen-bond donors (Lipinski definition) is 2. The summed E-state index contributed by atoms with van der Waals surface area (Å²) in [5.74, 6) is -1.93. The van der Waals surface area contributed by atoms with Crippen LogP contribution in [0, 0.1) is 11.8 Å². The molecule has 2 amide bonds. The lowest BCUT2D eigenvalue weighted by Gasteiger charge is -2.35. The van der Waals surface area contributed by atoms with Crippen molar-refractivity contribution in [1.82, 2.24) is 4.90 Å². The van der Waals surface area contributed by atoms with Crippen molar-refractivity contribution >= 4 is 62.8 Å². The molecule has 3 aliphatic heterocycles. The van der Waals surface area contributed by atoms with Crippen LogP contribution >= 0.6 is 39.3 Å². The summed E-state index contributed by atoms with van der Waals surface area (Å²) in [6.45, 7) is 2.50. The van der Waals surface area contributed by atoms with E-state index in [0.717, 1.165) is 6.42 Å². The molecule has 7 nitrogen and oxygen atoms in total. The average molecular weight is 560 g/mol. The van der Waals surface area contributed by atoms with Crippen molar-refractivity contribution in [2.45, 2.75) is 53.5 Å². The van der Waals surface area contributed by atoms with Gasteiger partial charge >= 0.3 is 5.97 Å². The SMILES string of the molecule is CCOC(=O)[C@H]1[C@H]2C(=O)N(CCCCCO)C(C(=O)Nc3ccc(Cl)cc3)C23CC(Br)[C@@H]1S3. The highest BCUT2D eigenvalue weighted by Crippen LogP contribution is 2.67. The first-order chi connectivity index (χ1) is 15.8. The number of hydrogen-bond acceptors (Lipinski definition) is 6. The van der Waals surface area contributed by atoms with Crippen molar-refractivity contribution in [3.05, 3.63) is 29.3 Å². The lowest BCUT2D eigenvalue weighted by molar-refractivity contribution is -0.153. The molecule has 180 valence electrons. The van der Waals surface area contributed by atoms with Gasteiger partial charge in [0.15, 0.2) is 0 Å². The molecule has 33 heavy (non-hydrogen) atoms. The topological polar surface area (TPSA) is 95.9 Å². The van der Waals surface area contributed by atoms with E-state index in [1.165, 1.54) is 0 Å². The number of aliphatic hydroxyl groups is 1. The average Bonchev–Trinajstić information content (AvgIpc) is 3.36. The molecule has 0 saturated carbocycles. The Morgan fingerprint density at radius 3 is 2.70 bits per heavy atom. The number of rotatable bonds is 9. The van der Waals surface area contributed by atoms with Crippen LogP contribution in [-0.2, 0) is 19.1 Å². The number of thioether (sulfide) groups is 1. The summed E-state index contributed by atoms with van der Waals surface area (Å²) < 4.78 is 4.65. The van der Waals surface area contributed by atoms with Gasteiger partial charge in [0.25, 0.3) is 0 Å². The van der Waals surface area contributed by atoms with Crippen molar-refractivity contribution in [3.63, 3.8) is 0 Å². The van der Waals surface area contributed by atoms with E-state index in [0.29, 0.717) is 36.5 Å². The molecular formula is C23H28BrClN2O5S. The van der Waals surface area contributed by atoms with Gasteiger partial charge in [-0.15, -0.1) is 11.8 Å². The summed E-state index contributed by atoms with van der Waals surface area (Å²) in [5, 5.41) is 12.5. The van der Waals surface area contributed by atoms with E-state index in [1.807, 2.05) is 0 Å². The van der Waals surface area contributed by atoms with Crippen molar-refractivity contribution in [1.29, 1.82) is 0 Å². The first-order valence-corrected chi connectivity index (χ1v) is 13.5. The van der Waals surface area contributed by atoms with E-state index in [1.54, 1.807) is 47.9 Å². The molecule has 3 saturated heterocycles. The number of aliphatic hydroxyl groups excluding tert-OH is 1. The maximum absolute atomic E-state index is 13.7. The lowest BCUT2D eigenvalue weighted by Crippen LogP contribution is -2.52. The standard InChI is InChI=1S/C23H28BrClN2O5S/c1-2-32-22(31)16-17-21(30)27(10-4-3-5-11-28)19(23(17)12-15(24)18(16)33-23)20(29)26-14-8-6-13(25)7-9-14/h6-9,15-19,28H,2-5,10-12H2,1H3,(H,26,29)/t15?,16-,17-,18-,19?,23?/m0/s1. The van der Waals surface area contributed by atoms with Crippen LogP contribution in [0.15, 0.2) is 24.3 Å². The number of carbonyl (C=O) groups is 3. The number of unbranched alkanes of at least 4 members (excludes halogenated alkanes) is 2. The van der Waals surface area contributed by atoms with Crippen LogP contribution in [0.2, 0.25) is 5.02 Å². The first kappa shape index (κ1) is 24.8. The number of nitrogens with zero attached hydrogens (tertiary/aromatic N) is 1. The Labute approximate surface area is 211 Å². The molecule has 0 radical (unpaired) electrons. The summed E-state index contributed by atoms with van der Waals surface area (Å²) in [6.07, 6.45) is 2.70. The van der Waals surface area contributed by atoms with Crippen LogP contribution < -0.4 is 5.32 Å². The Kier molecular flexibility index (Phi) is 7.63. The molecule has 2 bridgehead atoms. The van der Waals surface area contributed by atoms with Gasteiger partial charge in [-0.3, -0.25) is 14.4 Å². The van der Waals surface area contributed by atoms with Gasteiger partial charge in [-0.05, 0) is 56.9 Å². The van der Waals surface area contributed by atoms with Crippen LogP contribution in [0.1, 0.15) is 32.6 Å². The van der Waals surface area contributed by atoms with E-state index >= 15 is 0 Å². The molecule has 3 unspecified atom stereocenters. The molecule has 1 aromatic carbocycles. The summed E-state index contributed by atoms with van der Waals surface area (Å²) in [5.41, 5.74) is 0.604. The highest BCUT2D eigenvalue weighted by Gasteiger charge is 2.75. The third kappa shape index (κ3) is 4.42. The van der Waals surface area contributed by atoms with Crippen molar-refractivity contribution in [3.8, 4) is 0 Å². The number of amides is 2. The van der Waals surface area contributed by atoms with E-state index < -0.39 is 22.6 Å². The summed E-state index contributed by atoms with van der Waals surface area (Å²) in [6, 6.07) is 6.16.